The molecule has 0 fully saturated rings. The number of hydrogen-bond donors (Lipinski definition) is 1. The van der Waals surface area contributed by atoms with Crippen LogP contribution in [0.25, 0.3) is 16.8 Å². The van der Waals surface area contributed by atoms with Crippen LogP contribution in [0, 0.1) is 11.3 Å². The average molecular weight is 239 g/mol. The molecule has 0 atom stereocenters. The van der Waals surface area contributed by atoms with Crippen LogP contribution in [0.15, 0.2) is 29.2 Å². The largest absolute Gasteiger partial charge is 0.397 e. The predicted octanol–water partition coefficient (Wildman–Crippen LogP) is 0.640. The van der Waals surface area contributed by atoms with Crippen LogP contribution in [0.4, 0.5) is 5.69 Å². The summed E-state index contributed by atoms with van der Waals surface area (Å²) in [5.74, 6) is 0. The lowest BCUT2D eigenvalue weighted by Crippen LogP contribution is -2.15. The average Bonchev–Trinajstić information content (AvgIpc) is 2.65. The highest BCUT2D eigenvalue weighted by atomic mass is 16.1. The van der Waals surface area contributed by atoms with Gasteiger partial charge in [-0.3, -0.25) is 4.79 Å². The van der Waals surface area contributed by atoms with Crippen molar-refractivity contribution in [3.8, 4) is 6.07 Å². The first-order chi connectivity index (χ1) is 8.65. The van der Waals surface area contributed by atoms with E-state index in [1.165, 1.54) is 10.5 Å². The van der Waals surface area contributed by atoms with Gasteiger partial charge in [0.05, 0.1) is 11.2 Å². The van der Waals surface area contributed by atoms with E-state index >= 15 is 0 Å². The van der Waals surface area contributed by atoms with Crippen molar-refractivity contribution in [2.24, 2.45) is 7.05 Å². The van der Waals surface area contributed by atoms with Gasteiger partial charge in [0.15, 0.2) is 5.65 Å². The maximum atomic E-state index is 12.0. The van der Waals surface area contributed by atoms with Gasteiger partial charge in [0.1, 0.15) is 17.3 Å². The van der Waals surface area contributed by atoms with Crippen LogP contribution in [0.1, 0.15) is 5.56 Å². The summed E-state index contributed by atoms with van der Waals surface area (Å²) >= 11 is 0. The summed E-state index contributed by atoms with van der Waals surface area (Å²) in [5.41, 5.74) is 7.68. The van der Waals surface area contributed by atoms with Crippen LogP contribution >= 0.6 is 0 Å². The van der Waals surface area contributed by atoms with Crippen molar-refractivity contribution in [1.82, 2.24) is 14.0 Å². The second kappa shape index (κ2) is 3.34. The lowest BCUT2D eigenvalue weighted by molar-refractivity contribution is 0.973. The summed E-state index contributed by atoms with van der Waals surface area (Å²) in [6, 6.07) is 6.90. The Bertz CT molecular complexity index is 881. The summed E-state index contributed by atoms with van der Waals surface area (Å²) in [6.45, 7) is 0. The summed E-state index contributed by atoms with van der Waals surface area (Å²) in [6.07, 6.45) is 1.61. The summed E-state index contributed by atoms with van der Waals surface area (Å²) in [7, 11) is 1.78. The first-order valence-electron chi connectivity index (χ1n) is 5.30. The molecule has 6 nitrogen and oxygen atoms in total. The minimum Gasteiger partial charge on any atom is -0.397 e. The Morgan fingerprint density at radius 3 is 3.00 bits per heavy atom. The van der Waals surface area contributed by atoms with Crippen molar-refractivity contribution in [2.45, 2.75) is 0 Å². The second-order valence-electron chi connectivity index (χ2n) is 3.99. The maximum absolute atomic E-state index is 12.0. The van der Waals surface area contributed by atoms with Gasteiger partial charge < -0.3 is 10.3 Å². The number of nitriles is 1. The molecular formula is C12H9N5O. The standard InChI is InChI=1S/C12H9N5O/c1-16-9-3-2-4-15-11(9)17-10(18)5-8(14)7(6-13)12(16)17/h2-5H,14H2,1H3. The highest BCUT2D eigenvalue weighted by molar-refractivity contribution is 5.82. The van der Waals surface area contributed by atoms with Gasteiger partial charge in [0.25, 0.3) is 5.56 Å². The molecule has 2 N–H and O–H groups in total. The Labute approximate surface area is 102 Å². The van der Waals surface area contributed by atoms with Crippen LogP contribution in [0.2, 0.25) is 0 Å². The monoisotopic (exact) mass is 239 g/mol. The van der Waals surface area contributed by atoms with Crippen molar-refractivity contribution < 1.29 is 0 Å². The zero-order valence-corrected chi connectivity index (χ0v) is 9.58. The van der Waals surface area contributed by atoms with E-state index < -0.39 is 0 Å². The molecule has 3 aromatic rings. The fraction of sp³-hybridized carbons (Fsp3) is 0.0833. The number of nitrogens with two attached hydrogens (primary N) is 1. The van der Waals surface area contributed by atoms with Crippen LogP contribution in [0.5, 0.6) is 0 Å². The van der Waals surface area contributed by atoms with E-state index in [0.29, 0.717) is 11.3 Å². The molecule has 0 aromatic carbocycles. The van der Waals surface area contributed by atoms with Gasteiger partial charge in [-0.05, 0) is 12.1 Å². The Hall–Kier alpha value is -2.81. The number of aromatic nitrogens is 3. The molecular weight excluding hydrogens is 230 g/mol. The molecule has 0 saturated heterocycles. The summed E-state index contributed by atoms with van der Waals surface area (Å²) in [4.78, 5) is 16.2. The van der Waals surface area contributed by atoms with Crippen LogP contribution in [-0.4, -0.2) is 14.0 Å². The maximum Gasteiger partial charge on any atom is 0.260 e. The molecule has 6 heteroatoms. The quantitative estimate of drug-likeness (QED) is 0.623. The van der Waals surface area contributed by atoms with E-state index in [9.17, 15) is 10.1 Å². The van der Waals surface area contributed by atoms with Gasteiger partial charge >= 0.3 is 0 Å². The third kappa shape index (κ3) is 1.10. The third-order valence-electron chi connectivity index (χ3n) is 2.99. The van der Waals surface area contributed by atoms with E-state index in [2.05, 4.69) is 4.98 Å². The number of hydrogen-bond acceptors (Lipinski definition) is 4. The Morgan fingerprint density at radius 2 is 2.28 bits per heavy atom. The molecule has 3 aromatic heterocycles. The van der Waals surface area contributed by atoms with Gasteiger partial charge in [-0.25, -0.2) is 9.38 Å². The normalized spacial score (nSPS) is 10.9. The van der Waals surface area contributed by atoms with Crippen LogP contribution in [0.3, 0.4) is 0 Å². The van der Waals surface area contributed by atoms with E-state index in [1.807, 2.05) is 12.1 Å². The van der Waals surface area contributed by atoms with Gasteiger partial charge in [0, 0.05) is 19.3 Å². The molecule has 0 unspecified atom stereocenters. The zero-order valence-electron chi connectivity index (χ0n) is 9.58. The van der Waals surface area contributed by atoms with Crippen molar-refractivity contribution in [3.05, 3.63) is 40.3 Å². The van der Waals surface area contributed by atoms with Crippen LogP contribution < -0.4 is 11.3 Å². The number of anilines is 1. The van der Waals surface area contributed by atoms with Crippen molar-refractivity contribution in [3.63, 3.8) is 0 Å². The Balaban J connectivity index is 2.77. The van der Waals surface area contributed by atoms with E-state index in [0.717, 1.165) is 5.52 Å². The molecule has 0 bridgehead atoms. The number of nitrogens with zero attached hydrogens (tertiary/aromatic N) is 4. The van der Waals surface area contributed by atoms with Crippen LogP contribution in [-0.2, 0) is 7.05 Å². The SMILES string of the molecule is Cn1c2cccnc2n2c(=O)cc(N)c(C#N)c12. The fourth-order valence-electron chi connectivity index (χ4n) is 2.19. The van der Waals surface area contributed by atoms with Crippen molar-refractivity contribution in [2.75, 3.05) is 5.73 Å². The molecule has 18 heavy (non-hydrogen) atoms. The summed E-state index contributed by atoms with van der Waals surface area (Å²) < 4.78 is 3.16. The van der Waals surface area contributed by atoms with E-state index in [-0.39, 0.29) is 16.8 Å². The molecule has 0 amide bonds. The first kappa shape index (κ1) is 10.4. The molecule has 3 rings (SSSR count). The lowest BCUT2D eigenvalue weighted by Gasteiger charge is -2.02. The fourth-order valence-corrected chi connectivity index (χ4v) is 2.19. The number of aryl methyl sites for hydroxylation is 1. The number of imidazole rings is 1. The topological polar surface area (TPSA) is 89.1 Å². The van der Waals surface area contributed by atoms with E-state index in [4.69, 9.17) is 5.73 Å². The predicted molar refractivity (Wildman–Crippen MR) is 67.1 cm³/mol. The zero-order chi connectivity index (χ0) is 12.9. The summed E-state index contributed by atoms with van der Waals surface area (Å²) in [5, 5.41) is 9.18. The minimum absolute atomic E-state index is 0.188. The molecule has 0 saturated carbocycles. The van der Waals surface area contributed by atoms with E-state index in [1.54, 1.807) is 23.9 Å². The molecule has 0 aliphatic carbocycles. The molecule has 0 aliphatic rings. The highest BCUT2D eigenvalue weighted by Crippen LogP contribution is 2.21. The van der Waals surface area contributed by atoms with Gasteiger partial charge in [0.2, 0.25) is 0 Å². The minimum atomic E-state index is -0.286. The number of nitrogen functional groups attached to an aromatic ring is 1. The van der Waals surface area contributed by atoms with Crippen molar-refractivity contribution >= 4 is 22.5 Å². The number of fused-ring (bicyclic) bond motifs is 3. The molecule has 3 heterocycles. The number of pyridine rings is 2. The molecule has 0 spiro atoms. The van der Waals surface area contributed by atoms with Gasteiger partial charge in [-0.15, -0.1) is 0 Å². The smallest absolute Gasteiger partial charge is 0.260 e. The van der Waals surface area contributed by atoms with Gasteiger partial charge in [-0.1, -0.05) is 0 Å². The molecule has 0 radical (unpaired) electrons. The lowest BCUT2D eigenvalue weighted by atomic mass is 10.2. The third-order valence-corrected chi connectivity index (χ3v) is 2.99. The highest BCUT2D eigenvalue weighted by Gasteiger charge is 2.16. The van der Waals surface area contributed by atoms with Gasteiger partial charge in [-0.2, -0.15) is 5.26 Å². The first-order valence-corrected chi connectivity index (χ1v) is 5.30. The Morgan fingerprint density at radius 1 is 1.50 bits per heavy atom. The second-order valence-corrected chi connectivity index (χ2v) is 3.99. The Kier molecular flexibility index (Phi) is 1.92. The number of rotatable bonds is 0. The molecule has 0 aliphatic heterocycles. The molecule has 88 valence electrons. The van der Waals surface area contributed by atoms with Crippen molar-refractivity contribution in [1.29, 1.82) is 5.26 Å².